The standard InChI is InChI=1S/C21H14F4N4O4S/c1-33-19-17(28-34(31,32)15-5-3-14(4-6-15)21(23,24)25)8-13(9-27-19)12-2-7-18-26-10-16(22)20(30)29(18)11-12/h2-11,28H,1H3. The molecule has 0 atom stereocenters. The quantitative estimate of drug-likeness (QED) is 0.425. The lowest BCUT2D eigenvalue weighted by Crippen LogP contribution is -2.18. The molecule has 1 aromatic carbocycles. The molecule has 13 heteroatoms. The number of aromatic nitrogens is 3. The molecule has 0 unspecified atom stereocenters. The average molecular weight is 494 g/mol. The summed E-state index contributed by atoms with van der Waals surface area (Å²) in [5.74, 6) is -1.16. The number of sulfonamides is 1. The van der Waals surface area contributed by atoms with Crippen LogP contribution < -0.4 is 15.0 Å². The van der Waals surface area contributed by atoms with Gasteiger partial charge < -0.3 is 4.74 Å². The smallest absolute Gasteiger partial charge is 0.416 e. The van der Waals surface area contributed by atoms with Crippen LogP contribution in [0.1, 0.15) is 5.56 Å². The Morgan fingerprint density at radius 2 is 1.71 bits per heavy atom. The topological polar surface area (TPSA) is 103 Å². The van der Waals surface area contributed by atoms with Gasteiger partial charge in [-0.3, -0.25) is 13.9 Å². The van der Waals surface area contributed by atoms with Crippen LogP contribution in [0.4, 0.5) is 23.2 Å². The number of fused-ring (bicyclic) bond motifs is 1. The van der Waals surface area contributed by atoms with Gasteiger partial charge in [0.15, 0.2) is 0 Å². The van der Waals surface area contributed by atoms with Crippen LogP contribution in [0.5, 0.6) is 5.88 Å². The molecule has 0 spiro atoms. The number of alkyl halides is 3. The molecule has 0 aliphatic heterocycles. The van der Waals surface area contributed by atoms with Crippen LogP contribution in [0.3, 0.4) is 0 Å². The van der Waals surface area contributed by atoms with Crippen LogP contribution >= 0.6 is 0 Å². The van der Waals surface area contributed by atoms with Crippen molar-refractivity contribution in [1.82, 2.24) is 14.4 Å². The van der Waals surface area contributed by atoms with Gasteiger partial charge in [-0.05, 0) is 42.5 Å². The zero-order valence-corrected chi connectivity index (χ0v) is 18.0. The number of hydrogen-bond donors (Lipinski definition) is 1. The van der Waals surface area contributed by atoms with Gasteiger partial charge in [0.05, 0.1) is 23.8 Å². The molecule has 0 fully saturated rings. The Labute approximate surface area is 189 Å². The van der Waals surface area contributed by atoms with Crippen molar-refractivity contribution in [2.75, 3.05) is 11.8 Å². The summed E-state index contributed by atoms with van der Waals surface area (Å²) in [7, 11) is -3.05. The summed E-state index contributed by atoms with van der Waals surface area (Å²) in [6, 6.07) is 7.34. The van der Waals surface area contributed by atoms with E-state index in [2.05, 4.69) is 14.7 Å². The van der Waals surface area contributed by atoms with Gasteiger partial charge in [-0.1, -0.05) is 0 Å². The molecule has 3 heterocycles. The van der Waals surface area contributed by atoms with Gasteiger partial charge >= 0.3 is 6.18 Å². The Hall–Kier alpha value is -4.00. The molecule has 8 nitrogen and oxygen atoms in total. The first kappa shape index (κ1) is 23.2. The van der Waals surface area contributed by atoms with Gasteiger partial charge in [0.25, 0.3) is 15.6 Å². The molecule has 34 heavy (non-hydrogen) atoms. The number of nitrogens with zero attached hydrogens (tertiary/aromatic N) is 3. The molecule has 0 saturated carbocycles. The maximum Gasteiger partial charge on any atom is 0.416 e. The van der Waals surface area contributed by atoms with Gasteiger partial charge in [-0.2, -0.15) is 17.6 Å². The number of benzene rings is 1. The molecule has 4 aromatic rings. The zero-order valence-electron chi connectivity index (χ0n) is 17.2. The van der Waals surface area contributed by atoms with Gasteiger partial charge in [-0.15, -0.1) is 0 Å². The van der Waals surface area contributed by atoms with Crippen LogP contribution in [0.15, 0.2) is 70.7 Å². The lowest BCUT2D eigenvalue weighted by atomic mass is 10.1. The molecule has 0 bridgehead atoms. The predicted molar refractivity (Wildman–Crippen MR) is 113 cm³/mol. The van der Waals surface area contributed by atoms with Crippen molar-refractivity contribution >= 4 is 21.4 Å². The highest BCUT2D eigenvalue weighted by molar-refractivity contribution is 7.92. The van der Waals surface area contributed by atoms with Crippen molar-refractivity contribution in [1.29, 1.82) is 0 Å². The van der Waals surface area contributed by atoms with E-state index in [1.165, 1.54) is 31.6 Å². The average Bonchev–Trinajstić information content (AvgIpc) is 2.80. The summed E-state index contributed by atoms with van der Waals surface area (Å²) in [6.45, 7) is 0. The maximum atomic E-state index is 13.6. The maximum absolute atomic E-state index is 13.6. The van der Waals surface area contributed by atoms with E-state index in [9.17, 15) is 30.8 Å². The molecule has 4 rings (SSSR count). The second-order valence-electron chi connectivity index (χ2n) is 6.97. The summed E-state index contributed by atoms with van der Waals surface area (Å²) in [6.07, 6.45) is -1.16. The van der Waals surface area contributed by atoms with Crippen molar-refractivity contribution in [3.05, 3.63) is 82.8 Å². The summed E-state index contributed by atoms with van der Waals surface area (Å²) < 4.78 is 85.8. The second kappa shape index (κ2) is 8.41. The number of methoxy groups -OCH3 is 1. The normalized spacial score (nSPS) is 12.0. The molecule has 0 aliphatic rings. The van der Waals surface area contributed by atoms with Crippen molar-refractivity contribution in [3.63, 3.8) is 0 Å². The monoisotopic (exact) mass is 494 g/mol. The number of rotatable bonds is 5. The Bertz CT molecular complexity index is 1550. The van der Waals surface area contributed by atoms with Gasteiger partial charge in [0.1, 0.15) is 11.3 Å². The minimum Gasteiger partial charge on any atom is -0.480 e. The summed E-state index contributed by atoms with van der Waals surface area (Å²) in [4.78, 5) is 19.5. The molecule has 1 N–H and O–H groups in total. The third kappa shape index (κ3) is 4.41. The van der Waals surface area contributed by atoms with Crippen molar-refractivity contribution in [2.24, 2.45) is 0 Å². The Morgan fingerprint density at radius 3 is 2.35 bits per heavy atom. The van der Waals surface area contributed by atoms with Crippen LogP contribution in [0, 0.1) is 5.82 Å². The van der Waals surface area contributed by atoms with Crippen molar-refractivity contribution in [2.45, 2.75) is 11.1 Å². The van der Waals surface area contributed by atoms with E-state index in [4.69, 9.17) is 4.74 Å². The number of ether oxygens (including phenoxy) is 1. The van der Waals surface area contributed by atoms with E-state index in [0.717, 1.165) is 22.7 Å². The third-order valence-electron chi connectivity index (χ3n) is 4.77. The minimum atomic E-state index is -4.61. The highest BCUT2D eigenvalue weighted by Crippen LogP contribution is 2.32. The van der Waals surface area contributed by atoms with E-state index < -0.39 is 38.0 Å². The van der Waals surface area contributed by atoms with Gasteiger partial charge in [0, 0.05) is 23.5 Å². The number of nitrogens with one attached hydrogen (secondary N) is 1. The fourth-order valence-corrected chi connectivity index (χ4v) is 4.15. The first-order valence-electron chi connectivity index (χ1n) is 9.41. The van der Waals surface area contributed by atoms with E-state index in [1.807, 2.05) is 0 Å². The number of halogens is 4. The molecular weight excluding hydrogens is 480 g/mol. The van der Waals surface area contributed by atoms with Crippen molar-refractivity contribution < 1.29 is 30.7 Å². The fourth-order valence-electron chi connectivity index (χ4n) is 3.10. The lowest BCUT2D eigenvalue weighted by Gasteiger charge is -2.14. The fraction of sp³-hybridized carbons (Fsp3) is 0.0952. The number of hydrogen-bond acceptors (Lipinski definition) is 6. The second-order valence-corrected chi connectivity index (χ2v) is 8.65. The minimum absolute atomic E-state index is 0.107. The lowest BCUT2D eigenvalue weighted by molar-refractivity contribution is -0.137. The van der Waals surface area contributed by atoms with E-state index >= 15 is 0 Å². The van der Waals surface area contributed by atoms with Crippen LogP contribution in [0.25, 0.3) is 16.8 Å². The van der Waals surface area contributed by atoms with Crippen LogP contribution in [-0.4, -0.2) is 29.9 Å². The number of anilines is 1. The Kier molecular flexibility index (Phi) is 5.73. The first-order valence-corrected chi connectivity index (χ1v) is 10.9. The molecule has 0 radical (unpaired) electrons. The molecule has 0 saturated heterocycles. The van der Waals surface area contributed by atoms with Crippen LogP contribution in [-0.2, 0) is 16.2 Å². The summed E-state index contributed by atoms with van der Waals surface area (Å²) >= 11 is 0. The molecule has 0 aliphatic carbocycles. The Balaban J connectivity index is 1.73. The molecule has 0 amide bonds. The van der Waals surface area contributed by atoms with Gasteiger partial charge in [-0.25, -0.2) is 18.4 Å². The highest BCUT2D eigenvalue weighted by atomic mass is 32.2. The van der Waals surface area contributed by atoms with E-state index in [0.29, 0.717) is 23.3 Å². The largest absolute Gasteiger partial charge is 0.480 e. The third-order valence-corrected chi connectivity index (χ3v) is 6.16. The Morgan fingerprint density at radius 1 is 1.00 bits per heavy atom. The van der Waals surface area contributed by atoms with Gasteiger partial charge in [0.2, 0.25) is 11.7 Å². The van der Waals surface area contributed by atoms with E-state index in [-0.39, 0.29) is 17.2 Å². The summed E-state index contributed by atoms with van der Waals surface area (Å²) in [5.41, 5.74) is -1.11. The first-order chi connectivity index (χ1) is 16.0. The SMILES string of the molecule is COc1ncc(-c2ccc3ncc(F)c(=O)n3c2)cc1NS(=O)(=O)c1ccc(C(F)(F)F)cc1. The molecule has 176 valence electrons. The predicted octanol–water partition coefficient (Wildman–Crippen LogP) is 3.72. The van der Waals surface area contributed by atoms with Crippen molar-refractivity contribution in [3.8, 4) is 17.0 Å². The van der Waals surface area contributed by atoms with E-state index in [1.54, 1.807) is 6.07 Å². The summed E-state index contributed by atoms with van der Waals surface area (Å²) in [5, 5.41) is 0. The molecular formula is C21H14F4N4O4S. The highest BCUT2D eigenvalue weighted by Gasteiger charge is 2.30. The van der Waals surface area contributed by atoms with Crippen LogP contribution in [0.2, 0.25) is 0 Å². The molecule has 3 aromatic heterocycles. The zero-order chi connectivity index (χ0) is 24.7. The number of pyridine rings is 2.